The van der Waals surface area contributed by atoms with Gasteiger partial charge in [0.15, 0.2) is 0 Å². The molecule has 1 unspecified atom stereocenters. The Hall–Kier alpha value is -0.320. The number of halogens is 2. The molecule has 1 aromatic carbocycles. The van der Waals surface area contributed by atoms with Crippen molar-refractivity contribution in [1.82, 2.24) is 5.32 Å². The fourth-order valence-electron chi connectivity index (χ4n) is 1.44. The van der Waals surface area contributed by atoms with Crippen LogP contribution in [0.15, 0.2) is 18.2 Å². The summed E-state index contributed by atoms with van der Waals surface area (Å²) in [6, 6.07) is 5.14. The number of aliphatic hydroxyl groups is 1. The molecule has 0 fully saturated rings. The highest BCUT2D eigenvalue weighted by atomic mass is 35.5. The van der Waals surface area contributed by atoms with E-state index in [0.717, 1.165) is 5.56 Å². The number of ether oxygens (including phenoxy) is 1. The van der Waals surface area contributed by atoms with Gasteiger partial charge in [-0.3, -0.25) is 0 Å². The minimum atomic E-state index is -0.984. The van der Waals surface area contributed by atoms with Crippen LogP contribution in [0.5, 0.6) is 0 Å². The van der Waals surface area contributed by atoms with Crippen LogP contribution >= 0.6 is 23.2 Å². The summed E-state index contributed by atoms with van der Waals surface area (Å²) in [6.45, 7) is 3.45. The number of rotatable bonds is 6. The van der Waals surface area contributed by atoms with Gasteiger partial charge in [0.05, 0.1) is 22.3 Å². The highest BCUT2D eigenvalue weighted by Gasteiger charge is 2.23. The van der Waals surface area contributed by atoms with Gasteiger partial charge in [-0.1, -0.05) is 29.3 Å². The summed E-state index contributed by atoms with van der Waals surface area (Å²) in [5, 5.41) is 14.3. The van der Waals surface area contributed by atoms with Gasteiger partial charge in [0.2, 0.25) is 0 Å². The molecule has 5 heteroatoms. The summed E-state index contributed by atoms with van der Waals surface area (Å²) in [6.07, 6.45) is 0. The van der Waals surface area contributed by atoms with Gasteiger partial charge in [0, 0.05) is 20.2 Å². The van der Waals surface area contributed by atoms with E-state index in [2.05, 4.69) is 5.32 Å². The number of hydrogen-bond donors (Lipinski definition) is 2. The molecule has 0 heterocycles. The van der Waals surface area contributed by atoms with E-state index in [1.54, 1.807) is 32.2 Å². The first-order valence-electron chi connectivity index (χ1n) is 5.35. The van der Waals surface area contributed by atoms with Gasteiger partial charge in [0.25, 0.3) is 0 Å². The van der Waals surface area contributed by atoms with Crippen LogP contribution in [0.1, 0.15) is 12.5 Å². The first-order valence-corrected chi connectivity index (χ1v) is 6.10. The Labute approximate surface area is 112 Å². The van der Waals surface area contributed by atoms with E-state index < -0.39 is 5.60 Å². The van der Waals surface area contributed by atoms with Gasteiger partial charge in [-0.25, -0.2) is 0 Å². The Balaban J connectivity index is 2.64. The zero-order valence-electron chi connectivity index (χ0n) is 9.96. The van der Waals surface area contributed by atoms with Crippen molar-refractivity contribution in [3.8, 4) is 0 Å². The van der Waals surface area contributed by atoms with E-state index in [4.69, 9.17) is 27.9 Å². The molecular weight excluding hydrogens is 261 g/mol. The molecule has 0 aliphatic heterocycles. The minimum Gasteiger partial charge on any atom is -0.384 e. The standard InChI is InChI=1S/C12H17Cl2NO2/c1-12(16,8-15-5-6-17-2)9-3-4-10(13)11(14)7-9/h3-4,7,15-16H,5-6,8H2,1-2H3. The molecule has 3 nitrogen and oxygen atoms in total. The summed E-state index contributed by atoms with van der Waals surface area (Å²) < 4.78 is 4.91. The van der Waals surface area contributed by atoms with Gasteiger partial charge in [-0.15, -0.1) is 0 Å². The molecule has 0 saturated carbocycles. The second-order valence-corrected chi connectivity index (χ2v) is 4.89. The Morgan fingerprint density at radius 1 is 1.35 bits per heavy atom. The molecule has 1 aromatic rings. The summed E-state index contributed by atoms with van der Waals surface area (Å²) >= 11 is 11.8. The summed E-state index contributed by atoms with van der Waals surface area (Å²) in [5.41, 5.74) is -0.251. The van der Waals surface area contributed by atoms with Gasteiger partial charge in [0.1, 0.15) is 0 Å². The average Bonchev–Trinajstić information content (AvgIpc) is 2.28. The van der Waals surface area contributed by atoms with Crippen LogP contribution in [0.3, 0.4) is 0 Å². The van der Waals surface area contributed by atoms with Crippen molar-refractivity contribution in [2.45, 2.75) is 12.5 Å². The van der Waals surface area contributed by atoms with E-state index in [1.165, 1.54) is 0 Å². The molecule has 0 aliphatic rings. The third-order valence-electron chi connectivity index (χ3n) is 2.49. The first kappa shape index (κ1) is 14.7. The van der Waals surface area contributed by atoms with Crippen molar-refractivity contribution in [3.63, 3.8) is 0 Å². The Morgan fingerprint density at radius 2 is 2.06 bits per heavy atom. The lowest BCUT2D eigenvalue weighted by Crippen LogP contribution is -2.36. The number of benzene rings is 1. The molecular formula is C12H17Cl2NO2. The van der Waals surface area contributed by atoms with Gasteiger partial charge in [-0.2, -0.15) is 0 Å². The molecule has 0 aliphatic carbocycles. The van der Waals surface area contributed by atoms with E-state index in [-0.39, 0.29) is 0 Å². The van der Waals surface area contributed by atoms with Crippen LogP contribution in [0.25, 0.3) is 0 Å². The average molecular weight is 278 g/mol. The van der Waals surface area contributed by atoms with Crippen LogP contribution in [0, 0.1) is 0 Å². The number of nitrogens with one attached hydrogen (secondary N) is 1. The number of hydrogen-bond acceptors (Lipinski definition) is 3. The molecule has 1 atom stereocenters. The van der Waals surface area contributed by atoms with Crippen molar-refractivity contribution in [1.29, 1.82) is 0 Å². The maximum Gasteiger partial charge on any atom is 0.0992 e. The molecule has 17 heavy (non-hydrogen) atoms. The lowest BCUT2D eigenvalue weighted by atomic mass is 9.96. The molecule has 96 valence electrons. The topological polar surface area (TPSA) is 41.5 Å². The molecule has 0 radical (unpaired) electrons. The van der Waals surface area contributed by atoms with Crippen molar-refractivity contribution >= 4 is 23.2 Å². The Morgan fingerprint density at radius 3 is 2.65 bits per heavy atom. The summed E-state index contributed by atoms with van der Waals surface area (Å²) in [7, 11) is 1.64. The largest absolute Gasteiger partial charge is 0.384 e. The zero-order valence-corrected chi connectivity index (χ0v) is 11.5. The maximum absolute atomic E-state index is 10.3. The van der Waals surface area contributed by atoms with E-state index in [9.17, 15) is 5.11 Å². The van der Waals surface area contributed by atoms with Crippen LogP contribution < -0.4 is 5.32 Å². The third-order valence-corrected chi connectivity index (χ3v) is 3.23. The second kappa shape index (κ2) is 6.57. The van der Waals surface area contributed by atoms with Crippen molar-refractivity contribution in [3.05, 3.63) is 33.8 Å². The monoisotopic (exact) mass is 277 g/mol. The van der Waals surface area contributed by atoms with Crippen molar-refractivity contribution in [2.24, 2.45) is 0 Å². The van der Waals surface area contributed by atoms with Crippen molar-refractivity contribution < 1.29 is 9.84 Å². The summed E-state index contributed by atoms with van der Waals surface area (Å²) in [4.78, 5) is 0. The second-order valence-electron chi connectivity index (χ2n) is 4.07. The molecule has 0 saturated heterocycles. The van der Waals surface area contributed by atoms with E-state index >= 15 is 0 Å². The van der Waals surface area contributed by atoms with Gasteiger partial charge < -0.3 is 15.2 Å². The fourth-order valence-corrected chi connectivity index (χ4v) is 1.74. The normalized spacial score (nSPS) is 14.6. The summed E-state index contributed by atoms with van der Waals surface area (Å²) in [5.74, 6) is 0. The quantitative estimate of drug-likeness (QED) is 0.785. The van der Waals surface area contributed by atoms with Gasteiger partial charge in [-0.05, 0) is 24.6 Å². The SMILES string of the molecule is COCCNCC(C)(O)c1ccc(Cl)c(Cl)c1. The molecule has 0 bridgehead atoms. The van der Waals surface area contributed by atoms with E-state index in [1.807, 2.05) is 0 Å². The highest BCUT2D eigenvalue weighted by Crippen LogP contribution is 2.28. The minimum absolute atomic E-state index is 0.425. The van der Waals surface area contributed by atoms with Crippen LogP contribution in [-0.4, -0.2) is 31.9 Å². The lowest BCUT2D eigenvalue weighted by Gasteiger charge is -2.24. The predicted molar refractivity (Wildman–Crippen MR) is 70.8 cm³/mol. The van der Waals surface area contributed by atoms with Gasteiger partial charge >= 0.3 is 0 Å². The molecule has 0 amide bonds. The molecule has 2 N–H and O–H groups in total. The molecule has 0 aromatic heterocycles. The fraction of sp³-hybridized carbons (Fsp3) is 0.500. The Bertz CT molecular complexity index is 370. The third kappa shape index (κ3) is 4.45. The first-order chi connectivity index (χ1) is 7.97. The maximum atomic E-state index is 10.3. The predicted octanol–water partition coefficient (Wildman–Crippen LogP) is 2.44. The van der Waals surface area contributed by atoms with Crippen LogP contribution in [-0.2, 0) is 10.3 Å². The smallest absolute Gasteiger partial charge is 0.0992 e. The van der Waals surface area contributed by atoms with Crippen LogP contribution in [0.2, 0.25) is 10.0 Å². The highest BCUT2D eigenvalue weighted by molar-refractivity contribution is 6.42. The number of methoxy groups -OCH3 is 1. The van der Waals surface area contributed by atoms with E-state index in [0.29, 0.717) is 29.7 Å². The zero-order chi connectivity index (χ0) is 12.9. The lowest BCUT2D eigenvalue weighted by molar-refractivity contribution is 0.0550. The molecule has 0 spiro atoms. The molecule has 1 rings (SSSR count). The Kier molecular flexibility index (Phi) is 5.70. The van der Waals surface area contributed by atoms with Crippen LogP contribution in [0.4, 0.5) is 0 Å². The van der Waals surface area contributed by atoms with Crippen molar-refractivity contribution in [2.75, 3.05) is 26.8 Å².